The molecule has 1 fully saturated rings. The second kappa shape index (κ2) is 8.91. The number of thioether (sulfide) groups is 1. The smallest absolute Gasteiger partial charge is 0.394 e. The van der Waals surface area contributed by atoms with Crippen LogP contribution >= 0.6 is 11.8 Å². The number of hydrogen-bond acceptors (Lipinski definition) is 7. The number of aromatic nitrogens is 2. The summed E-state index contributed by atoms with van der Waals surface area (Å²) in [6.07, 6.45) is -4.16. The minimum absolute atomic E-state index is 0.187. The van der Waals surface area contributed by atoms with E-state index in [1.165, 1.54) is 11.8 Å². The molecule has 1 aromatic heterocycles. The molecule has 1 aliphatic rings. The lowest BCUT2D eigenvalue weighted by Gasteiger charge is -2.16. The van der Waals surface area contributed by atoms with Gasteiger partial charge >= 0.3 is 17.8 Å². The molecular weight excluding hydrogens is 395 g/mol. The van der Waals surface area contributed by atoms with E-state index < -0.39 is 48.3 Å². The van der Waals surface area contributed by atoms with Gasteiger partial charge in [0.05, 0.1) is 24.2 Å². The highest BCUT2D eigenvalue weighted by atomic mass is 32.2. The van der Waals surface area contributed by atoms with Crippen LogP contribution in [-0.4, -0.2) is 57.8 Å². The normalized spacial score (nSPS) is 22.8. The number of carbonyl (C=O) groups excluding carboxylic acids is 1. The van der Waals surface area contributed by atoms with Crippen molar-refractivity contribution < 1.29 is 32.5 Å². The minimum atomic E-state index is -5.09. The Morgan fingerprint density at radius 2 is 2.22 bits per heavy atom. The molecule has 1 saturated heterocycles. The first kappa shape index (κ1) is 21.5. The van der Waals surface area contributed by atoms with Gasteiger partial charge in [0.2, 0.25) is 0 Å². The summed E-state index contributed by atoms with van der Waals surface area (Å²) in [6, 6.07) is 0. The SMILES string of the molecule is CSCOC1CC(n2cc(CNC(=O)C(F)(F)F)c(=O)[nH]c2=O)OC1CO. The van der Waals surface area contributed by atoms with Gasteiger partial charge in [-0.25, -0.2) is 4.79 Å². The molecule has 0 aliphatic carbocycles. The van der Waals surface area contributed by atoms with Gasteiger partial charge in [-0.15, -0.1) is 11.8 Å². The maximum Gasteiger partial charge on any atom is 0.471 e. The summed E-state index contributed by atoms with van der Waals surface area (Å²) < 4.78 is 48.8. The Bertz CT molecular complexity index is 781. The van der Waals surface area contributed by atoms with Gasteiger partial charge in [0.15, 0.2) is 0 Å². The summed E-state index contributed by atoms with van der Waals surface area (Å²) in [6.45, 7) is -1.08. The number of H-pyrrole nitrogens is 1. The van der Waals surface area contributed by atoms with E-state index in [2.05, 4.69) is 0 Å². The van der Waals surface area contributed by atoms with Crippen LogP contribution < -0.4 is 16.6 Å². The summed E-state index contributed by atoms with van der Waals surface area (Å²) in [5, 5.41) is 10.9. The number of carbonyl (C=O) groups is 1. The molecule has 2 rings (SSSR count). The van der Waals surface area contributed by atoms with E-state index in [4.69, 9.17) is 9.47 Å². The maximum absolute atomic E-state index is 12.3. The predicted molar refractivity (Wildman–Crippen MR) is 88.1 cm³/mol. The Labute approximate surface area is 154 Å². The molecule has 0 bridgehead atoms. The molecule has 0 radical (unpaired) electrons. The Morgan fingerprint density at radius 3 is 2.81 bits per heavy atom. The van der Waals surface area contributed by atoms with Crippen molar-refractivity contribution in [3.63, 3.8) is 0 Å². The summed E-state index contributed by atoms with van der Waals surface area (Å²) in [4.78, 5) is 36.7. The van der Waals surface area contributed by atoms with Gasteiger partial charge in [-0.1, -0.05) is 0 Å². The summed E-state index contributed by atoms with van der Waals surface area (Å²) >= 11 is 1.41. The zero-order chi connectivity index (χ0) is 20.2. The third-order valence-electron chi connectivity index (χ3n) is 3.81. The number of hydrogen-bond donors (Lipinski definition) is 3. The van der Waals surface area contributed by atoms with Gasteiger partial charge in [0, 0.05) is 19.2 Å². The molecule has 1 aromatic rings. The predicted octanol–water partition coefficient (Wildman–Crippen LogP) is -0.299. The number of aromatic amines is 1. The van der Waals surface area contributed by atoms with Gasteiger partial charge in [0.25, 0.3) is 5.56 Å². The number of aliphatic hydroxyl groups is 1. The zero-order valence-corrected chi connectivity index (χ0v) is 14.9. The van der Waals surface area contributed by atoms with Crippen LogP contribution in [0.4, 0.5) is 13.2 Å². The molecule has 0 spiro atoms. The summed E-state index contributed by atoms with van der Waals surface area (Å²) in [7, 11) is 0. The molecule has 2 heterocycles. The number of halogens is 3. The van der Waals surface area contributed by atoms with Gasteiger partial charge < -0.3 is 19.9 Å². The van der Waals surface area contributed by atoms with E-state index in [9.17, 15) is 32.7 Å². The molecule has 13 heteroatoms. The standard InChI is InChI=1S/C14H18F3N3O6S/c1-27-6-25-8-2-10(26-9(8)5-21)20-4-7(11(22)19-13(20)24)3-18-12(23)14(15,16)17/h4,8-10,21H,2-3,5-6H2,1H3,(H,18,23)(H,19,22,24). The first-order valence-electron chi connectivity index (χ1n) is 7.73. The van der Waals surface area contributed by atoms with Crippen LogP contribution in [0, 0.1) is 0 Å². The fourth-order valence-corrected chi connectivity index (χ4v) is 2.82. The average Bonchev–Trinajstić information content (AvgIpc) is 3.01. The van der Waals surface area contributed by atoms with Gasteiger partial charge in [-0.2, -0.15) is 13.2 Å². The third kappa shape index (κ3) is 5.34. The quantitative estimate of drug-likeness (QED) is 0.525. The van der Waals surface area contributed by atoms with Crippen molar-refractivity contribution in [1.29, 1.82) is 0 Å². The van der Waals surface area contributed by atoms with Crippen LogP contribution in [0.15, 0.2) is 15.8 Å². The van der Waals surface area contributed by atoms with Crippen LogP contribution in [-0.2, 0) is 20.8 Å². The topological polar surface area (TPSA) is 123 Å². The number of ether oxygens (including phenoxy) is 2. The lowest BCUT2D eigenvalue weighted by Crippen LogP contribution is -2.40. The largest absolute Gasteiger partial charge is 0.471 e. The molecule has 0 saturated carbocycles. The second-order valence-electron chi connectivity index (χ2n) is 5.66. The number of nitrogens with one attached hydrogen (secondary N) is 2. The Hall–Kier alpha value is -1.83. The van der Waals surface area contributed by atoms with Crippen LogP contribution in [0.3, 0.4) is 0 Å². The highest BCUT2D eigenvalue weighted by Gasteiger charge is 2.39. The molecule has 1 amide bonds. The average molecular weight is 413 g/mol. The van der Waals surface area contributed by atoms with Crippen molar-refractivity contribution in [2.75, 3.05) is 18.8 Å². The highest BCUT2D eigenvalue weighted by Crippen LogP contribution is 2.30. The first-order valence-corrected chi connectivity index (χ1v) is 9.13. The number of nitrogens with zero attached hydrogens (tertiary/aromatic N) is 1. The highest BCUT2D eigenvalue weighted by molar-refractivity contribution is 7.98. The van der Waals surface area contributed by atoms with Crippen LogP contribution in [0.1, 0.15) is 18.2 Å². The van der Waals surface area contributed by atoms with E-state index in [-0.39, 0.29) is 18.6 Å². The van der Waals surface area contributed by atoms with E-state index >= 15 is 0 Å². The molecule has 0 aromatic carbocycles. The van der Waals surface area contributed by atoms with Crippen molar-refractivity contribution in [2.24, 2.45) is 0 Å². The number of rotatable bonds is 7. The van der Waals surface area contributed by atoms with Crippen LogP contribution in [0.5, 0.6) is 0 Å². The third-order valence-corrected chi connectivity index (χ3v) is 4.18. The Kier molecular flexibility index (Phi) is 7.08. The van der Waals surface area contributed by atoms with Crippen molar-refractivity contribution in [3.05, 3.63) is 32.6 Å². The van der Waals surface area contributed by atoms with Crippen molar-refractivity contribution in [1.82, 2.24) is 14.9 Å². The Morgan fingerprint density at radius 1 is 1.52 bits per heavy atom. The van der Waals surface area contributed by atoms with E-state index in [0.29, 0.717) is 5.94 Å². The van der Waals surface area contributed by atoms with Crippen molar-refractivity contribution >= 4 is 17.7 Å². The van der Waals surface area contributed by atoms with Gasteiger partial charge in [0.1, 0.15) is 12.3 Å². The monoisotopic (exact) mass is 413 g/mol. The second-order valence-corrected chi connectivity index (χ2v) is 6.47. The number of aliphatic hydroxyl groups excluding tert-OH is 1. The minimum Gasteiger partial charge on any atom is -0.394 e. The maximum atomic E-state index is 12.3. The van der Waals surface area contributed by atoms with Crippen LogP contribution in [0.25, 0.3) is 0 Å². The van der Waals surface area contributed by atoms with Crippen molar-refractivity contribution in [2.45, 2.75) is 37.6 Å². The van der Waals surface area contributed by atoms with Gasteiger partial charge in [-0.05, 0) is 6.26 Å². The molecule has 3 N–H and O–H groups in total. The molecular formula is C14H18F3N3O6S. The molecule has 9 nitrogen and oxygen atoms in total. The lowest BCUT2D eigenvalue weighted by atomic mass is 10.2. The molecule has 1 aliphatic heterocycles. The van der Waals surface area contributed by atoms with E-state index in [1.807, 2.05) is 11.2 Å². The molecule has 3 atom stereocenters. The number of amides is 1. The zero-order valence-electron chi connectivity index (χ0n) is 14.1. The van der Waals surface area contributed by atoms with E-state index in [0.717, 1.165) is 10.8 Å². The lowest BCUT2D eigenvalue weighted by molar-refractivity contribution is -0.173. The summed E-state index contributed by atoms with van der Waals surface area (Å²) in [5.74, 6) is -1.87. The van der Waals surface area contributed by atoms with E-state index in [1.54, 1.807) is 5.32 Å². The molecule has 3 unspecified atom stereocenters. The van der Waals surface area contributed by atoms with Crippen molar-refractivity contribution in [3.8, 4) is 0 Å². The summed E-state index contributed by atoms with van der Waals surface area (Å²) in [5.41, 5.74) is -2.02. The van der Waals surface area contributed by atoms with Crippen LogP contribution in [0.2, 0.25) is 0 Å². The van der Waals surface area contributed by atoms with Gasteiger partial charge in [-0.3, -0.25) is 19.1 Å². The molecule has 152 valence electrons. The number of alkyl halides is 3. The molecule has 27 heavy (non-hydrogen) atoms. The fraction of sp³-hybridized carbons (Fsp3) is 0.643. The Balaban J connectivity index is 2.19. The first-order chi connectivity index (χ1) is 12.7. The fourth-order valence-electron chi connectivity index (χ4n) is 2.51.